The number of hydrogen-bond acceptors (Lipinski definition) is 20. The first kappa shape index (κ1) is 72.3. The number of aromatic amines is 1. The Morgan fingerprint density at radius 1 is 0.707 bits per heavy atom. The van der Waals surface area contributed by atoms with E-state index in [1.807, 2.05) is 0 Å². The number of ketones is 2. The Morgan fingerprint density at radius 3 is 1.91 bits per heavy atom. The highest BCUT2D eigenvalue weighted by Gasteiger charge is 2.62. The van der Waals surface area contributed by atoms with Gasteiger partial charge in [0.25, 0.3) is 0 Å². The van der Waals surface area contributed by atoms with Crippen molar-refractivity contribution in [2.24, 2.45) is 47.3 Å². The number of methoxy groups -OCH3 is 1. The van der Waals surface area contributed by atoms with Crippen LogP contribution < -0.4 is 42.1 Å². The minimum Gasteiger partial charge on any atom is -0.469 e. The molecule has 534 valence electrons. The average molecular weight is 1410 g/mol. The number of nitrogens with zero attached hydrogens (tertiary/aromatic N) is 3. The maximum absolute atomic E-state index is 15.0. The van der Waals surface area contributed by atoms with E-state index in [2.05, 4.69) is 47.1 Å². The lowest BCUT2D eigenvalue weighted by Gasteiger charge is -2.31. The second kappa shape index (κ2) is 30.5. The summed E-state index contributed by atoms with van der Waals surface area (Å²) in [4.78, 5) is 203. The molecule has 0 saturated carbocycles. The fraction of sp³-hybridized carbons (Fsp3) is 0.606. The van der Waals surface area contributed by atoms with Crippen molar-refractivity contribution in [1.29, 1.82) is 0 Å². The minimum absolute atomic E-state index is 0.0540. The number of aromatic nitrogens is 1. The Morgan fingerprint density at radius 2 is 1.29 bits per heavy atom. The summed E-state index contributed by atoms with van der Waals surface area (Å²) in [5.74, 6) is -16.0. The van der Waals surface area contributed by atoms with Crippen molar-refractivity contribution in [1.82, 2.24) is 56.4 Å². The van der Waals surface area contributed by atoms with Crippen LogP contribution in [-0.4, -0.2) is 227 Å². The molecule has 0 spiro atoms. The number of ether oxygens (including phenoxy) is 3. The van der Waals surface area contributed by atoms with Gasteiger partial charge in [-0.2, -0.15) is 0 Å². The smallest absolute Gasteiger partial charge is 0.306 e. The Bertz CT molecular complexity index is 3610. The van der Waals surface area contributed by atoms with Crippen LogP contribution in [0.1, 0.15) is 84.6 Å². The van der Waals surface area contributed by atoms with Crippen LogP contribution in [0.25, 0.3) is 10.9 Å². The third kappa shape index (κ3) is 15.4. The molecule has 10 heterocycles. The number of rotatable bonds is 19. The lowest BCUT2D eigenvalue weighted by molar-refractivity contribution is -0.149. The number of carbonyl (C=O) groups excluding carboxylic acids is 14. The standard InChI is InChI=1S/C66H85N12O19PS/c1-6-31(3)56-43(81)22-33-21-38-37-25-35(71-48(82)15-16-69-98(94,20-8-18-76-63(90)52-44-11-12-45(96-44)53(52)64(76)91)70-17-19-77-65(92)54-46-13-14-47(97-46)55(54)66(77)93)9-10-39(37)73-61(38)99-30-40(72-49(83)27-68-60(88)57(32(4)7-2)74-50(84)28-67-58(33)86)42(80)23-34(24-51(85)95-5)62(89)78-29-36(79)26-41(78)59(87)75-56/h9-14,25,31-34,36,40-41,44-47,52-57,73,79H,6-8,15-24,26-30H2,1-5H3,(H,67,86)(H,68,88)(H,71,82)(H,72,83)(H,74,84)(H,75,87)(H2,69,70,94)/t31-,32-,33+,34-,36+,40-,41-,44?,45?,46?,47?,52?,53?,54?,55?,56-,57-,98?/m0/s1. The molecule has 1 aromatic carbocycles. The Labute approximate surface area is 574 Å². The van der Waals surface area contributed by atoms with Gasteiger partial charge in [-0.3, -0.25) is 91.7 Å². The molecule has 5 fully saturated rings. The zero-order valence-electron chi connectivity index (χ0n) is 55.6. The number of anilines is 1. The summed E-state index contributed by atoms with van der Waals surface area (Å²) in [6, 6.07) is -0.552. The number of H-pyrrole nitrogens is 1. The van der Waals surface area contributed by atoms with Crippen molar-refractivity contribution in [2.45, 2.75) is 145 Å². The minimum atomic E-state index is -3.75. The highest BCUT2D eigenvalue weighted by atomic mass is 32.2. The van der Waals surface area contributed by atoms with Gasteiger partial charge in [-0.25, -0.2) is 0 Å². The fourth-order valence-corrected chi connectivity index (χ4v) is 18.0. The third-order valence-corrected chi connectivity index (χ3v) is 24.2. The van der Waals surface area contributed by atoms with Crippen LogP contribution in [0.4, 0.5) is 5.69 Å². The number of amides is 11. The summed E-state index contributed by atoms with van der Waals surface area (Å²) in [6.07, 6.45) is 1.76. The molecule has 11 amide bonds. The number of nitrogens with one attached hydrogen (secondary N) is 9. The topological polar surface area (TPSA) is 426 Å². The number of carbonyl (C=O) groups is 14. The molecule has 33 heteroatoms. The van der Waals surface area contributed by atoms with Crippen LogP contribution in [0.15, 0.2) is 47.5 Å². The number of Topliss-reactive ketones (excluding diaryl/α,β-unsaturated/α-hetero) is 2. The van der Waals surface area contributed by atoms with Crippen molar-refractivity contribution in [2.75, 3.05) is 70.2 Å². The van der Waals surface area contributed by atoms with Gasteiger partial charge < -0.3 is 61.1 Å². The van der Waals surface area contributed by atoms with E-state index < -0.39 is 213 Å². The quantitative estimate of drug-likeness (QED) is 0.0358. The van der Waals surface area contributed by atoms with Gasteiger partial charge in [-0.05, 0) is 48.4 Å². The zero-order chi connectivity index (χ0) is 70.9. The summed E-state index contributed by atoms with van der Waals surface area (Å²) in [5, 5.41) is 33.8. The number of aliphatic hydroxyl groups excluding tert-OH is 1. The SMILES string of the molecule is CC[C@H](C)[C@@H]1NC(=O)[C@@H]2C[C@@H](O)CN2C(=O)[C@H](CC(=O)OC)CC(=O)[C@@H]2CSc3[nH]c4ccc(NC(=O)CCNP(=O)(CCCN5C(=O)C6C7C=CC(O7)C6C5=O)NCCN5C(=O)C6C7C=CC(O7)C6C5=O)cc4c3C[C@H](CC1=O)C(=O)NCC(=O)N[C@@H]([C@@H](C)CC)C(=O)NCC(=O)N2. The number of esters is 1. The molecule has 9 aliphatic heterocycles. The van der Waals surface area contributed by atoms with Crippen LogP contribution in [0.5, 0.6) is 0 Å². The molecule has 5 saturated heterocycles. The Kier molecular flexibility index (Phi) is 22.2. The van der Waals surface area contributed by atoms with Crippen molar-refractivity contribution >= 4 is 118 Å². The molecule has 0 aliphatic carbocycles. The van der Waals surface area contributed by atoms with Gasteiger partial charge >= 0.3 is 5.97 Å². The zero-order valence-corrected chi connectivity index (χ0v) is 57.3. The monoisotopic (exact) mass is 1410 g/mol. The Hall–Kier alpha value is -8.00. The molecule has 0 radical (unpaired) electrons. The van der Waals surface area contributed by atoms with E-state index in [0.29, 0.717) is 34.3 Å². The highest BCUT2D eigenvalue weighted by molar-refractivity contribution is 7.99. The second-order valence-corrected chi connectivity index (χ2v) is 30.7. The van der Waals surface area contributed by atoms with Crippen LogP contribution in [-0.2, 0) is 92.3 Å². The number of imide groups is 2. The van der Waals surface area contributed by atoms with Crippen molar-refractivity contribution < 1.29 is 91.0 Å². The van der Waals surface area contributed by atoms with Gasteiger partial charge in [0.15, 0.2) is 11.6 Å². The molecule has 11 rings (SSSR count). The summed E-state index contributed by atoms with van der Waals surface area (Å²) in [7, 11) is -2.67. The van der Waals surface area contributed by atoms with E-state index in [1.54, 1.807) is 70.2 Å². The molecule has 6 bridgehead atoms. The predicted octanol–water partition coefficient (Wildman–Crippen LogP) is -0.748. The van der Waals surface area contributed by atoms with Crippen molar-refractivity contribution in [3.05, 3.63) is 48.1 Å². The number of aliphatic hydroxyl groups is 1. The van der Waals surface area contributed by atoms with Gasteiger partial charge in [0.2, 0.25) is 72.4 Å². The lowest BCUT2D eigenvalue weighted by Crippen LogP contribution is -2.55. The third-order valence-electron chi connectivity index (χ3n) is 20.6. The van der Waals surface area contributed by atoms with Crippen LogP contribution >= 0.6 is 19.2 Å². The van der Waals surface area contributed by atoms with Gasteiger partial charge in [-0.1, -0.05) is 64.8 Å². The van der Waals surface area contributed by atoms with Gasteiger partial charge in [0.05, 0.1) is 104 Å². The number of benzene rings is 1. The van der Waals surface area contributed by atoms with Gasteiger partial charge in [0.1, 0.15) is 12.1 Å². The average Bonchev–Trinajstić information content (AvgIpc) is 1.58. The molecule has 10 N–H and O–H groups in total. The van der Waals surface area contributed by atoms with Crippen LogP contribution in [0, 0.1) is 47.3 Å². The molecule has 1 aromatic heterocycles. The maximum atomic E-state index is 15.0. The fourth-order valence-electron chi connectivity index (χ4n) is 14.9. The largest absolute Gasteiger partial charge is 0.469 e. The van der Waals surface area contributed by atoms with Crippen LogP contribution in [0.3, 0.4) is 0 Å². The summed E-state index contributed by atoms with van der Waals surface area (Å²) in [5.41, 5.74) is 1.03. The van der Waals surface area contributed by atoms with Crippen molar-refractivity contribution in [3.8, 4) is 0 Å². The van der Waals surface area contributed by atoms with Gasteiger partial charge in [0, 0.05) is 92.8 Å². The second-order valence-electron chi connectivity index (χ2n) is 27.1. The number of fused-ring (bicyclic) bond motifs is 15. The summed E-state index contributed by atoms with van der Waals surface area (Å²) < 4.78 is 31.4. The van der Waals surface area contributed by atoms with Gasteiger partial charge in [-0.15, -0.1) is 11.8 Å². The molecular weight excluding hydrogens is 1330 g/mol. The lowest BCUT2D eigenvalue weighted by atomic mass is 9.85. The van der Waals surface area contributed by atoms with E-state index in [1.165, 1.54) is 4.90 Å². The van der Waals surface area contributed by atoms with E-state index in [0.717, 1.165) is 28.7 Å². The Balaban J connectivity index is 0.875. The van der Waals surface area contributed by atoms with E-state index in [4.69, 9.17) is 14.2 Å². The molecule has 9 unspecified atom stereocenters. The first-order chi connectivity index (χ1) is 47.3. The number of thioether (sulfide) groups is 1. The van der Waals surface area contributed by atoms with E-state index >= 15 is 4.79 Å². The summed E-state index contributed by atoms with van der Waals surface area (Å²) in [6.45, 7) is 4.76. The first-order valence-corrected chi connectivity index (χ1v) is 36.8. The summed E-state index contributed by atoms with van der Waals surface area (Å²) >= 11 is 1.01. The maximum Gasteiger partial charge on any atom is 0.306 e. The molecule has 99 heavy (non-hydrogen) atoms. The van der Waals surface area contributed by atoms with E-state index in [9.17, 15) is 72.0 Å². The van der Waals surface area contributed by atoms with E-state index in [-0.39, 0.29) is 87.8 Å². The highest BCUT2D eigenvalue weighted by Crippen LogP contribution is 2.47. The predicted molar refractivity (Wildman–Crippen MR) is 352 cm³/mol. The molecule has 31 nitrogen and oxygen atoms in total. The first-order valence-electron chi connectivity index (χ1n) is 33.9. The molecular formula is C66H85N12O19PS. The van der Waals surface area contributed by atoms with Crippen LogP contribution in [0.2, 0.25) is 0 Å². The van der Waals surface area contributed by atoms with Crippen molar-refractivity contribution in [3.63, 3.8) is 0 Å². The number of likely N-dealkylation sites (tertiary alicyclic amines) is 2. The molecule has 9 aliphatic rings. The molecule has 18 atom stereocenters. The number of hydrogen-bond donors (Lipinski definition) is 10. The normalized spacial score (nSPS) is 31.7. The molecule has 2 aromatic rings.